The summed E-state index contributed by atoms with van der Waals surface area (Å²) in [6.45, 7) is 6.76. The highest BCUT2D eigenvalue weighted by molar-refractivity contribution is 8.10. The van der Waals surface area contributed by atoms with E-state index in [9.17, 15) is 16.8 Å². The van der Waals surface area contributed by atoms with Crippen LogP contribution in [-0.2, 0) is 20.0 Å². The summed E-state index contributed by atoms with van der Waals surface area (Å²) < 4.78 is 57.9. The van der Waals surface area contributed by atoms with Gasteiger partial charge in [0, 0.05) is 0 Å². The molecule has 0 amide bonds. The van der Waals surface area contributed by atoms with E-state index < -0.39 is 20.0 Å². The third kappa shape index (κ3) is 4.19. The van der Waals surface area contributed by atoms with Crippen molar-refractivity contribution in [1.29, 1.82) is 0 Å². The molecule has 0 fully saturated rings. The quantitative estimate of drug-likeness (QED) is 0.400. The first kappa shape index (κ1) is 23.6. The summed E-state index contributed by atoms with van der Waals surface area (Å²) in [7, 11) is -9.09. The molecular formula is C23H23N5O4S2. The van der Waals surface area contributed by atoms with Gasteiger partial charge in [-0.2, -0.15) is 20.5 Å². The number of benzene rings is 3. The van der Waals surface area contributed by atoms with E-state index in [0.717, 1.165) is 0 Å². The van der Waals surface area contributed by atoms with E-state index in [0.29, 0.717) is 31.7 Å². The first-order valence-electron chi connectivity index (χ1n) is 10.3. The topological polar surface area (TPSA) is 115 Å². The molecule has 0 unspecified atom stereocenters. The highest BCUT2D eigenvalue weighted by Gasteiger charge is 2.38. The minimum absolute atomic E-state index is 0.0604. The van der Waals surface area contributed by atoms with E-state index in [1.807, 2.05) is 0 Å². The van der Waals surface area contributed by atoms with Gasteiger partial charge in [0.2, 0.25) is 0 Å². The van der Waals surface area contributed by atoms with Gasteiger partial charge < -0.3 is 0 Å². The van der Waals surface area contributed by atoms with Crippen molar-refractivity contribution in [2.45, 2.75) is 37.5 Å². The Bertz CT molecular complexity index is 1500. The van der Waals surface area contributed by atoms with Crippen LogP contribution in [0, 0.1) is 27.7 Å². The minimum atomic E-state index is -4.54. The lowest BCUT2D eigenvalue weighted by Crippen LogP contribution is -2.38. The molecule has 176 valence electrons. The number of hydrogen-bond acceptors (Lipinski definition) is 7. The van der Waals surface area contributed by atoms with E-state index in [4.69, 9.17) is 0 Å². The minimum Gasteiger partial charge on any atom is -0.200 e. The van der Waals surface area contributed by atoms with E-state index in [1.54, 1.807) is 64.1 Å². The summed E-state index contributed by atoms with van der Waals surface area (Å²) >= 11 is 0. The van der Waals surface area contributed by atoms with E-state index >= 15 is 0 Å². The van der Waals surface area contributed by atoms with Crippen molar-refractivity contribution in [3.8, 4) is 5.69 Å². The molecule has 11 heteroatoms. The van der Waals surface area contributed by atoms with Crippen LogP contribution >= 0.6 is 0 Å². The number of anilines is 1. The van der Waals surface area contributed by atoms with Crippen molar-refractivity contribution in [2.24, 2.45) is 0 Å². The van der Waals surface area contributed by atoms with E-state index in [2.05, 4.69) is 15.5 Å². The van der Waals surface area contributed by atoms with Gasteiger partial charge in [-0.3, -0.25) is 0 Å². The molecule has 0 radical (unpaired) electrons. The average Bonchev–Trinajstić information content (AvgIpc) is 3.32. The highest BCUT2D eigenvalue weighted by Crippen LogP contribution is 2.34. The van der Waals surface area contributed by atoms with Gasteiger partial charge in [-0.1, -0.05) is 30.3 Å². The van der Waals surface area contributed by atoms with E-state index in [1.165, 1.54) is 35.3 Å². The van der Waals surface area contributed by atoms with Gasteiger partial charge in [-0.25, -0.2) is 4.68 Å². The average molecular weight is 498 g/mol. The van der Waals surface area contributed by atoms with Crippen LogP contribution in [0.1, 0.15) is 22.3 Å². The molecule has 0 aliphatic carbocycles. The molecule has 1 heterocycles. The largest absolute Gasteiger partial charge is 0.277 e. The first-order chi connectivity index (χ1) is 16.0. The molecule has 1 aromatic heterocycles. The molecule has 3 aromatic carbocycles. The third-order valence-electron chi connectivity index (χ3n) is 5.33. The molecule has 4 aromatic rings. The van der Waals surface area contributed by atoms with Crippen LogP contribution in [-0.4, -0.2) is 37.0 Å². The van der Waals surface area contributed by atoms with Gasteiger partial charge in [-0.05, 0) is 90.7 Å². The summed E-state index contributed by atoms with van der Waals surface area (Å²) in [5.41, 5.74) is 2.59. The number of aromatic nitrogens is 4. The van der Waals surface area contributed by atoms with Crippen LogP contribution in [0.15, 0.2) is 76.8 Å². The first-order valence-corrected chi connectivity index (χ1v) is 13.2. The zero-order valence-corrected chi connectivity index (χ0v) is 20.7. The van der Waals surface area contributed by atoms with Crippen molar-refractivity contribution in [3.63, 3.8) is 0 Å². The van der Waals surface area contributed by atoms with Crippen LogP contribution in [0.25, 0.3) is 5.69 Å². The van der Waals surface area contributed by atoms with Gasteiger partial charge in [0.25, 0.3) is 20.0 Å². The number of sulfonamides is 2. The fourth-order valence-corrected chi connectivity index (χ4v) is 7.86. The van der Waals surface area contributed by atoms with Crippen molar-refractivity contribution >= 4 is 25.7 Å². The number of tetrazole rings is 1. The molecule has 0 aliphatic rings. The molecule has 0 saturated carbocycles. The normalized spacial score (nSPS) is 12.0. The Labute approximate surface area is 198 Å². The van der Waals surface area contributed by atoms with E-state index in [-0.39, 0.29) is 15.5 Å². The number of aryl methyl sites for hydroxylation is 4. The van der Waals surface area contributed by atoms with Crippen LogP contribution < -0.4 is 3.71 Å². The summed E-state index contributed by atoms with van der Waals surface area (Å²) in [6, 6.07) is 15.9. The lowest BCUT2D eigenvalue weighted by molar-refractivity contribution is 0.583. The highest BCUT2D eigenvalue weighted by atomic mass is 32.3. The molecule has 9 nitrogen and oxygen atoms in total. The maximum atomic E-state index is 14.0. The maximum absolute atomic E-state index is 14.0. The zero-order valence-electron chi connectivity index (χ0n) is 19.0. The zero-order chi connectivity index (χ0) is 24.7. The van der Waals surface area contributed by atoms with Crippen molar-refractivity contribution in [3.05, 3.63) is 89.2 Å². The third-order valence-corrected chi connectivity index (χ3v) is 9.80. The Morgan fingerprint density at radius 1 is 0.735 bits per heavy atom. The summed E-state index contributed by atoms with van der Waals surface area (Å²) in [5.74, 6) is 0. The van der Waals surface area contributed by atoms with Crippen LogP contribution in [0.3, 0.4) is 0 Å². The number of hydrogen-bond donors (Lipinski definition) is 0. The van der Waals surface area contributed by atoms with Gasteiger partial charge in [0.1, 0.15) is 6.33 Å². The fraction of sp³-hybridized carbons (Fsp3) is 0.174. The van der Waals surface area contributed by atoms with Crippen LogP contribution in [0.2, 0.25) is 0 Å². The van der Waals surface area contributed by atoms with Crippen LogP contribution in [0.5, 0.6) is 0 Å². The second-order valence-corrected chi connectivity index (χ2v) is 11.8. The monoisotopic (exact) mass is 497 g/mol. The van der Waals surface area contributed by atoms with Gasteiger partial charge in [0.05, 0.1) is 21.2 Å². The summed E-state index contributed by atoms with van der Waals surface area (Å²) in [5, 5.41) is 11.0. The molecule has 0 bridgehead atoms. The Balaban J connectivity index is 2.02. The second-order valence-electron chi connectivity index (χ2n) is 8.02. The van der Waals surface area contributed by atoms with Gasteiger partial charge >= 0.3 is 0 Å². The SMILES string of the molecule is Cc1ccc(C)c(S(=O)(=O)N(c2cccc(-n3cnnn3)c2)S(=O)(=O)c2cc(C)ccc2C)c1. The molecular weight excluding hydrogens is 474 g/mol. The summed E-state index contributed by atoms with van der Waals surface area (Å²) in [4.78, 5) is -0.177. The predicted octanol–water partition coefficient (Wildman–Crippen LogP) is 3.48. The number of nitrogens with zero attached hydrogens (tertiary/aromatic N) is 5. The molecule has 0 atom stereocenters. The van der Waals surface area contributed by atoms with Gasteiger partial charge in [-0.15, -0.1) is 5.10 Å². The Kier molecular flexibility index (Phi) is 6.00. The maximum Gasteiger partial charge on any atom is 0.277 e. The Morgan fingerprint density at radius 2 is 1.29 bits per heavy atom. The molecule has 4 rings (SSSR count). The molecule has 0 aliphatic heterocycles. The molecule has 34 heavy (non-hydrogen) atoms. The standard InChI is InChI=1S/C23H23N5O4S2/c1-16-8-10-18(3)22(12-16)33(29,30)28(34(31,32)23-13-17(2)9-11-19(23)4)21-7-5-6-20(14-21)27-15-24-25-26-27/h5-15H,1-4H3. The van der Waals surface area contributed by atoms with Crippen molar-refractivity contribution < 1.29 is 16.8 Å². The number of rotatable bonds is 6. The predicted molar refractivity (Wildman–Crippen MR) is 128 cm³/mol. The van der Waals surface area contributed by atoms with Gasteiger partial charge in [0.15, 0.2) is 0 Å². The molecule has 0 saturated heterocycles. The smallest absolute Gasteiger partial charge is 0.200 e. The van der Waals surface area contributed by atoms with Crippen molar-refractivity contribution in [2.75, 3.05) is 3.71 Å². The Hall–Kier alpha value is -3.57. The molecule has 0 N–H and O–H groups in total. The lowest BCUT2D eigenvalue weighted by Gasteiger charge is -2.26. The van der Waals surface area contributed by atoms with Crippen LogP contribution in [0.4, 0.5) is 5.69 Å². The Morgan fingerprint density at radius 3 is 1.79 bits per heavy atom. The molecule has 0 spiro atoms. The summed E-state index contributed by atoms with van der Waals surface area (Å²) in [6.07, 6.45) is 1.34. The fourth-order valence-electron chi connectivity index (χ4n) is 3.58. The lowest BCUT2D eigenvalue weighted by atomic mass is 10.2. The van der Waals surface area contributed by atoms with Crippen molar-refractivity contribution in [1.82, 2.24) is 20.2 Å². The second kappa shape index (κ2) is 8.65.